The van der Waals surface area contributed by atoms with E-state index in [0.717, 1.165) is 18.8 Å². The molecule has 0 aliphatic carbocycles. The van der Waals surface area contributed by atoms with Crippen LogP contribution in [0.2, 0.25) is 5.02 Å². The average Bonchev–Trinajstić information content (AvgIpc) is 2.83. The van der Waals surface area contributed by atoms with E-state index in [1.165, 1.54) is 19.3 Å². The summed E-state index contributed by atoms with van der Waals surface area (Å²) in [6.07, 6.45) is 3.69. The number of Topliss-reactive ketones (excluding diaryl/α,β-unsaturated/α-hetero) is 1. The first-order valence-electron chi connectivity index (χ1n) is 7.07. The molecule has 0 amide bonds. The summed E-state index contributed by atoms with van der Waals surface area (Å²) in [5.41, 5.74) is 2.20. The van der Waals surface area contributed by atoms with Crippen molar-refractivity contribution in [3.8, 4) is 0 Å². The normalized spacial score (nSPS) is 17.8. The van der Waals surface area contributed by atoms with Crippen LogP contribution in [0.15, 0.2) is 18.2 Å². The fourth-order valence-electron chi connectivity index (χ4n) is 2.97. The molecule has 0 atom stereocenters. The van der Waals surface area contributed by atoms with Crippen molar-refractivity contribution in [2.24, 2.45) is 5.41 Å². The first kappa shape index (κ1) is 14.4. The van der Waals surface area contributed by atoms with Crippen molar-refractivity contribution in [2.45, 2.75) is 40.0 Å². The van der Waals surface area contributed by atoms with Gasteiger partial charge in [-0.3, -0.25) is 4.79 Å². The maximum absolute atomic E-state index is 11.4. The Morgan fingerprint density at radius 2 is 2.05 bits per heavy atom. The van der Waals surface area contributed by atoms with Crippen LogP contribution in [0.4, 0.5) is 5.69 Å². The Morgan fingerprint density at radius 3 is 2.53 bits per heavy atom. The molecule has 1 aliphatic rings. The van der Waals surface area contributed by atoms with Gasteiger partial charge in [0.05, 0.1) is 5.02 Å². The highest BCUT2D eigenvalue weighted by molar-refractivity contribution is 6.34. The summed E-state index contributed by atoms with van der Waals surface area (Å²) < 4.78 is 0. The highest BCUT2D eigenvalue weighted by Crippen LogP contribution is 2.39. The summed E-state index contributed by atoms with van der Waals surface area (Å²) in [5.74, 6) is 0.0226. The zero-order valence-electron chi connectivity index (χ0n) is 12.0. The molecule has 0 spiro atoms. The second-order valence-electron chi connectivity index (χ2n) is 5.60. The monoisotopic (exact) mass is 279 g/mol. The van der Waals surface area contributed by atoms with Crippen LogP contribution < -0.4 is 4.90 Å². The van der Waals surface area contributed by atoms with Crippen LogP contribution in [0, 0.1) is 5.41 Å². The Morgan fingerprint density at radius 1 is 1.37 bits per heavy atom. The van der Waals surface area contributed by atoms with E-state index in [0.29, 0.717) is 16.0 Å². The van der Waals surface area contributed by atoms with Gasteiger partial charge in [-0.15, -0.1) is 0 Å². The minimum absolute atomic E-state index is 0.0226. The molecule has 104 valence electrons. The fourth-order valence-corrected chi connectivity index (χ4v) is 3.28. The number of benzene rings is 1. The summed E-state index contributed by atoms with van der Waals surface area (Å²) in [7, 11) is 0. The molecule has 1 aliphatic heterocycles. The molecular weight excluding hydrogens is 258 g/mol. The van der Waals surface area contributed by atoms with Crippen LogP contribution in [0.5, 0.6) is 0 Å². The van der Waals surface area contributed by atoms with Crippen molar-refractivity contribution < 1.29 is 4.79 Å². The summed E-state index contributed by atoms with van der Waals surface area (Å²) in [6.45, 7) is 8.28. The van der Waals surface area contributed by atoms with Gasteiger partial charge in [0, 0.05) is 24.3 Å². The lowest BCUT2D eigenvalue weighted by molar-refractivity contribution is 0.101. The van der Waals surface area contributed by atoms with Gasteiger partial charge >= 0.3 is 0 Å². The Hall–Kier alpha value is -1.02. The van der Waals surface area contributed by atoms with Gasteiger partial charge in [-0.25, -0.2) is 0 Å². The van der Waals surface area contributed by atoms with Gasteiger partial charge in [-0.05, 0) is 49.8 Å². The van der Waals surface area contributed by atoms with Crippen molar-refractivity contribution in [1.82, 2.24) is 0 Å². The molecule has 1 aromatic carbocycles. The standard InChI is InChI=1S/C16H22ClNO/c1-4-16(5-2)8-9-18(11-16)13-6-7-14(12(3)19)15(17)10-13/h6-7,10H,4-5,8-9,11H2,1-3H3. The first-order valence-corrected chi connectivity index (χ1v) is 7.44. The largest absolute Gasteiger partial charge is 0.371 e. The van der Waals surface area contributed by atoms with Gasteiger partial charge in [0.25, 0.3) is 0 Å². The van der Waals surface area contributed by atoms with Crippen LogP contribution in [0.3, 0.4) is 0 Å². The lowest BCUT2D eigenvalue weighted by Crippen LogP contribution is -2.26. The highest BCUT2D eigenvalue weighted by atomic mass is 35.5. The van der Waals surface area contributed by atoms with Crippen LogP contribution in [-0.2, 0) is 0 Å². The molecular formula is C16H22ClNO. The van der Waals surface area contributed by atoms with Crippen LogP contribution in [-0.4, -0.2) is 18.9 Å². The highest BCUT2D eigenvalue weighted by Gasteiger charge is 2.35. The SMILES string of the molecule is CCC1(CC)CCN(c2ccc(C(C)=O)c(Cl)c2)C1. The molecule has 0 unspecified atom stereocenters. The number of carbonyl (C=O) groups excluding carboxylic acids is 1. The second kappa shape index (κ2) is 5.54. The summed E-state index contributed by atoms with van der Waals surface area (Å²) in [4.78, 5) is 13.8. The van der Waals surface area contributed by atoms with Gasteiger partial charge in [0.1, 0.15) is 0 Å². The number of nitrogens with zero attached hydrogens (tertiary/aromatic N) is 1. The fraction of sp³-hybridized carbons (Fsp3) is 0.562. The van der Waals surface area contributed by atoms with Crippen LogP contribution in [0.1, 0.15) is 50.4 Å². The van der Waals surface area contributed by atoms with Crippen molar-refractivity contribution in [1.29, 1.82) is 0 Å². The van der Waals surface area contributed by atoms with E-state index in [9.17, 15) is 4.79 Å². The molecule has 0 aromatic heterocycles. The minimum atomic E-state index is 0.0226. The van der Waals surface area contributed by atoms with Gasteiger partial charge in [0.2, 0.25) is 0 Å². The zero-order valence-corrected chi connectivity index (χ0v) is 12.8. The smallest absolute Gasteiger partial charge is 0.161 e. The zero-order chi connectivity index (χ0) is 14.0. The molecule has 0 bridgehead atoms. The number of anilines is 1. The summed E-state index contributed by atoms with van der Waals surface area (Å²) in [6, 6.07) is 5.79. The third-order valence-corrected chi connectivity index (χ3v) is 4.95. The van der Waals surface area contributed by atoms with Gasteiger partial charge < -0.3 is 4.90 Å². The number of carbonyl (C=O) groups is 1. The van der Waals surface area contributed by atoms with Gasteiger partial charge in [-0.1, -0.05) is 25.4 Å². The summed E-state index contributed by atoms with van der Waals surface area (Å²) in [5, 5.41) is 0.565. The van der Waals surface area contributed by atoms with Gasteiger partial charge in [0.15, 0.2) is 5.78 Å². The Kier molecular flexibility index (Phi) is 4.19. The van der Waals surface area contributed by atoms with Crippen LogP contribution >= 0.6 is 11.6 Å². The van der Waals surface area contributed by atoms with E-state index in [-0.39, 0.29) is 5.78 Å². The first-order chi connectivity index (χ1) is 9.01. The molecule has 0 N–H and O–H groups in total. The quantitative estimate of drug-likeness (QED) is 0.753. The molecule has 0 saturated carbocycles. The van der Waals surface area contributed by atoms with Crippen molar-refractivity contribution in [3.63, 3.8) is 0 Å². The van der Waals surface area contributed by atoms with E-state index in [1.807, 2.05) is 18.2 Å². The predicted molar refractivity (Wildman–Crippen MR) is 81.3 cm³/mol. The number of halogens is 1. The third-order valence-electron chi connectivity index (χ3n) is 4.64. The van der Waals surface area contributed by atoms with Crippen LogP contribution in [0.25, 0.3) is 0 Å². The molecule has 3 heteroatoms. The lowest BCUT2D eigenvalue weighted by Gasteiger charge is -2.27. The number of hydrogen-bond acceptors (Lipinski definition) is 2. The maximum atomic E-state index is 11.4. The molecule has 1 heterocycles. The molecule has 0 radical (unpaired) electrons. The Labute approximate surface area is 120 Å². The Bertz CT molecular complexity index is 480. The lowest BCUT2D eigenvalue weighted by atomic mass is 9.82. The average molecular weight is 280 g/mol. The predicted octanol–water partition coefficient (Wildman–Crippen LogP) is 4.56. The van der Waals surface area contributed by atoms with Crippen molar-refractivity contribution >= 4 is 23.1 Å². The van der Waals surface area contributed by atoms with E-state index in [4.69, 9.17) is 11.6 Å². The number of rotatable bonds is 4. The number of hydrogen-bond donors (Lipinski definition) is 0. The van der Waals surface area contributed by atoms with E-state index < -0.39 is 0 Å². The van der Waals surface area contributed by atoms with Gasteiger partial charge in [-0.2, -0.15) is 0 Å². The van der Waals surface area contributed by atoms with Crippen molar-refractivity contribution in [3.05, 3.63) is 28.8 Å². The molecule has 2 rings (SSSR count). The molecule has 1 aromatic rings. The number of ketones is 1. The molecule has 1 saturated heterocycles. The van der Waals surface area contributed by atoms with E-state index >= 15 is 0 Å². The van der Waals surface area contributed by atoms with E-state index in [1.54, 1.807) is 6.92 Å². The van der Waals surface area contributed by atoms with Crippen molar-refractivity contribution in [2.75, 3.05) is 18.0 Å². The topological polar surface area (TPSA) is 20.3 Å². The Balaban J connectivity index is 2.21. The minimum Gasteiger partial charge on any atom is -0.371 e. The summed E-state index contributed by atoms with van der Waals surface area (Å²) >= 11 is 6.19. The van der Waals surface area contributed by atoms with E-state index in [2.05, 4.69) is 18.7 Å². The molecule has 2 nitrogen and oxygen atoms in total. The second-order valence-corrected chi connectivity index (χ2v) is 6.01. The molecule has 1 fully saturated rings. The molecule has 19 heavy (non-hydrogen) atoms. The maximum Gasteiger partial charge on any atom is 0.161 e. The third kappa shape index (κ3) is 2.79.